The highest BCUT2D eigenvalue weighted by atomic mass is 19.2. The maximum atomic E-state index is 13.7. The Morgan fingerprint density at radius 3 is 1.81 bits per heavy atom. The summed E-state index contributed by atoms with van der Waals surface area (Å²) >= 11 is 0. The molecule has 1 aromatic heterocycles. The molecule has 2 N–H and O–H groups in total. The quantitative estimate of drug-likeness (QED) is 0.382. The maximum Gasteiger partial charge on any atom is 0.490 e. The van der Waals surface area contributed by atoms with Crippen molar-refractivity contribution in [3.63, 3.8) is 0 Å². The van der Waals surface area contributed by atoms with Crippen molar-refractivity contribution in [3.05, 3.63) is 46.9 Å². The molecule has 0 unspecified atom stereocenters. The molecule has 21 heavy (non-hydrogen) atoms. The van der Waals surface area contributed by atoms with Crippen molar-refractivity contribution in [1.82, 2.24) is 4.98 Å². The molecule has 9 heteroatoms. The van der Waals surface area contributed by atoms with E-state index in [2.05, 4.69) is 4.98 Å². The lowest BCUT2D eigenvalue weighted by Gasteiger charge is -2.12. The first kappa shape index (κ1) is 15.4. The fraction of sp³-hybridized carbons (Fsp3) is 0.0833. The van der Waals surface area contributed by atoms with Gasteiger partial charge in [0.05, 0.1) is 11.3 Å². The summed E-state index contributed by atoms with van der Waals surface area (Å²) in [7, 11) is -2.19. The first-order chi connectivity index (χ1) is 9.75. The zero-order chi connectivity index (χ0) is 15.9. The van der Waals surface area contributed by atoms with E-state index < -0.39 is 52.9 Å². The van der Waals surface area contributed by atoms with Crippen molar-refractivity contribution in [3.8, 4) is 11.3 Å². The minimum Gasteiger partial charge on any atom is -0.423 e. The molecular weight excluding hydrogens is 296 g/mol. The third-order valence-electron chi connectivity index (χ3n) is 2.79. The Balaban J connectivity index is 2.88. The Labute approximate surface area is 115 Å². The lowest BCUT2D eigenvalue weighted by Crippen LogP contribution is -2.33. The van der Waals surface area contributed by atoms with E-state index in [1.807, 2.05) is 0 Å². The predicted molar refractivity (Wildman–Crippen MR) is 64.0 cm³/mol. The summed E-state index contributed by atoms with van der Waals surface area (Å²) in [6.45, 7) is 1.41. The lowest BCUT2D eigenvalue weighted by atomic mass is 9.77. The van der Waals surface area contributed by atoms with Crippen LogP contribution in [0.25, 0.3) is 11.3 Å². The standard InChI is InChI=1S/C12H7BF5NO2/c1-4-2-3-5(13(20)21)12(19-4)6-7(14)9(16)11(18)10(17)8(6)15/h2-3,20-21H,1H3. The van der Waals surface area contributed by atoms with E-state index in [4.69, 9.17) is 10.0 Å². The molecule has 0 spiro atoms. The second-order valence-electron chi connectivity index (χ2n) is 4.21. The molecule has 0 fully saturated rings. The molecule has 0 saturated carbocycles. The number of nitrogens with zero attached hydrogens (tertiary/aromatic N) is 1. The minimum atomic E-state index is -2.30. The Bertz CT molecular complexity index is 694. The van der Waals surface area contributed by atoms with E-state index in [0.717, 1.165) is 6.07 Å². The third-order valence-corrected chi connectivity index (χ3v) is 2.79. The highest BCUT2D eigenvalue weighted by Crippen LogP contribution is 2.29. The fourth-order valence-corrected chi connectivity index (χ4v) is 1.79. The van der Waals surface area contributed by atoms with E-state index in [1.54, 1.807) is 0 Å². The molecule has 0 saturated heterocycles. The Morgan fingerprint density at radius 2 is 1.33 bits per heavy atom. The molecule has 0 radical (unpaired) electrons. The van der Waals surface area contributed by atoms with Crippen molar-refractivity contribution in [2.24, 2.45) is 0 Å². The van der Waals surface area contributed by atoms with Gasteiger partial charge in [-0.15, -0.1) is 0 Å². The summed E-state index contributed by atoms with van der Waals surface area (Å²) in [6.07, 6.45) is 0. The van der Waals surface area contributed by atoms with E-state index >= 15 is 0 Å². The van der Waals surface area contributed by atoms with Crippen LogP contribution < -0.4 is 5.46 Å². The van der Waals surface area contributed by atoms with E-state index in [9.17, 15) is 22.0 Å². The molecule has 0 atom stereocenters. The lowest BCUT2D eigenvalue weighted by molar-refractivity contribution is 0.381. The van der Waals surface area contributed by atoms with E-state index in [0.29, 0.717) is 0 Å². The zero-order valence-corrected chi connectivity index (χ0v) is 10.5. The highest BCUT2D eigenvalue weighted by Gasteiger charge is 2.30. The molecular formula is C12H7BF5NO2. The van der Waals surface area contributed by atoms with Gasteiger partial charge in [0.25, 0.3) is 0 Å². The first-order valence-corrected chi connectivity index (χ1v) is 5.61. The predicted octanol–water partition coefficient (Wildman–Crippen LogP) is 1.43. The SMILES string of the molecule is Cc1ccc(B(O)O)c(-c2c(F)c(F)c(F)c(F)c2F)n1. The molecule has 110 valence electrons. The Morgan fingerprint density at radius 1 is 0.857 bits per heavy atom. The average molecular weight is 303 g/mol. The molecule has 0 aliphatic carbocycles. The van der Waals surface area contributed by atoms with Gasteiger partial charge in [0, 0.05) is 11.2 Å². The van der Waals surface area contributed by atoms with Gasteiger partial charge in [0.1, 0.15) is 0 Å². The van der Waals surface area contributed by atoms with Crippen molar-refractivity contribution >= 4 is 12.6 Å². The number of halogens is 5. The fourth-order valence-electron chi connectivity index (χ4n) is 1.79. The summed E-state index contributed by atoms with van der Waals surface area (Å²) < 4.78 is 66.9. The largest absolute Gasteiger partial charge is 0.490 e. The molecule has 2 aromatic rings. The number of hydrogen-bond donors (Lipinski definition) is 2. The summed E-state index contributed by atoms with van der Waals surface area (Å²) in [6, 6.07) is 2.37. The van der Waals surface area contributed by atoms with Crippen molar-refractivity contribution in [2.45, 2.75) is 6.92 Å². The van der Waals surface area contributed by atoms with Gasteiger partial charge in [-0.3, -0.25) is 4.98 Å². The van der Waals surface area contributed by atoms with Crippen LogP contribution in [0.2, 0.25) is 0 Å². The van der Waals surface area contributed by atoms with E-state index in [-0.39, 0.29) is 5.69 Å². The number of hydrogen-bond acceptors (Lipinski definition) is 3. The van der Waals surface area contributed by atoms with Crippen LogP contribution in [0.15, 0.2) is 12.1 Å². The van der Waals surface area contributed by atoms with Gasteiger partial charge in [-0.05, 0) is 13.0 Å². The van der Waals surface area contributed by atoms with Crippen LogP contribution >= 0.6 is 0 Å². The highest BCUT2D eigenvalue weighted by molar-refractivity contribution is 6.60. The first-order valence-electron chi connectivity index (χ1n) is 5.61. The van der Waals surface area contributed by atoms with Crippen molar-refractivity contribution < 1.29 is 32.0 Å². The van der Waals surface area contributed by atoms with Gasteiger partial charge in [0.15, 0.2) is 23.3 Å². The topological polar surface area (TPSA) is 53.4 Å². The normalized spacial score (nSPS) is 10.9. The van der Waals surface area contributed by atoms with Crippen LogP contribution in [0, 0.1) is 36.0 Å². The van der Waals surface area contributed by atoms with Gasteiger partial charge in [-0.1, -0.05) is 6.07 Å². The van der Waals surface area contributed by atoms with Crippen LogP contribution in [0.4, 0.5) is 22.0 Å². The zero-order valence-electron chi connectivity index (χ0n) is 10.5. The molecule has 0 bridgehead atoms. The molecule has 0 aliphatic rings. The van der Waals surface area contributed by atoms with Gasteiger partial charge < -0.3 is 10.0 Å². The Kier molecular flexibility index (Phi) is 3.97. The average Bonchev–Trinajstić information content (AvgIpc) is 2.43. The molecule has 2 rings (SSSR count). The van der Waals surface area contributed by atoms with Gasteiger partial charge >= 0.3 is 7.12 Å². The number of aromatic nitrogens is 1. The summed E-state index contributed by atoms with van der Waals surface area (Å²) in [5.74, 6) is -10.7. The molecule has 1 aromatic carbocycles. The number of benzene rings is 1. The number of rotatable bonds is 2. The summed E-state index contributed by atoms with van der Waals surface area (Å²) in [4.78, 5) is 3.64. The van der Waals surface area contributed by atoms with Crippen LogP contribution in [-0.4, -0.2) is 22.2 Å². The van der Waals surface area contributed by atoms with Gasteiger partial charge in [-0.2, -0.15) is 0 Å². The summed E-state index contributed by atoms with van der Waals surface area (Å²) in [5, 5.41) is 18.3. The number of aryl methyl sites for hydroxylation is 1. The summed E-state index contributed by atoms with van der Waals surface area (Å²) in [5.41, 5.74) is -2.32. The maximum absolute atomic E-state index is 13.7. The van der Waals surface area contributed by atoms with Crippen LogP contribution in [0.3, 0.4) is 0 Å². The van der Waals surface area contributed by atoms with Crippen LogP contribution in [0.5, 0.6) is 0 Å². The van der Waals surface area contributed by atoms with Gasteiger partial charge in [0.2, 0.25) is 5.82 Å². The van der Waals surface area contributed by atoms with Crippen molar-refractivity contribution in [1.29, 1.82) is 0 Å². The molecule has 3 nitrogen and oxygen atoms in total. The van der Waals surface area contributed by atoms with Gasteiger partial charge in [-0.25, -0.2) is 22.0 Å². The van der Waals surface area contributed by atoms with E-state index in [1.165, 1.54) is 13.0 Å². The van der Waals surface area contributed by atoms with Crippen molar-refractivity contribution in [2.75, 3.05) is 0 Å². The second kappa shape index (κ2) is 5.42. The molecule has 0 amide bonds. The minimum absolute atomic E-state index is 0.193. The number of pyridine rings is 1. The second-order valence-corrected chi connectivity index (χ2v) is 4.21. The molecule has 1 heterocycles. The molecule has 0 aliphatic heterocycles. The Hall–Kier alpha value is -2.00. The monoisotopic (exact) mass is 303 g/mol. The smallest absolute Gasteiger partial charge is 0.423 e. The third kappa shape index (κ3) is 2.49. The van der Waals surface area contributed by atoms with Crippen LogP contribution in [0.1, 0.15) is 5.69 Å². The van der Waals surface area contributed by atoms with Crippen LogP contribution in [-0.2, 0) is 0 Å².